The van der Waals surface area contributed by atoms with Gasteiger partial charge in [-0.05, 0) is 108 Å². The van der Waals surface area contributed by atoms with Crippen molar-refractivity contribution < 1.29 is 99.2 Å². The third-order valence-electron chi connectivity index (χ3n) is 9.82. The summed E-state index contributed by atoms with van der Waals surface area (Å²) in [6, 6.07) is 4.58. The monoisotopic (exact) mass is 1070 g/mol. The number of carbonyl (C=O) groups excluding carboxylic acids is 3. The summed E-state index contributed by atoms with van der Waals surface area (Å²) in [4.78, 5) is 50.9. The smallest absolute Gasteiger partial charge is 0.480 e. The van der Waals surface area contributed by atoms with E-state index < -0.39 is 145 Å². The third kappa shape index (κ3) is 15.8. The van der Waals surface area contributed by atoms with Crippen LogP contribution < -0.4 is 10.1 Å². The van der Waals surface area contributed by atoms with Crippen molar-refractivity contribution in [2.24, 2.45) is 0 Å². The molecule has 0 saturated carbocycles. The largest absolute Gasteiger partial charge is 0.573 e. The number of nitrogens with one attached hydrogen (secondary N) is 1. The molecule has 5 rings (SSSR count). The van der Waals surface area contributed by atoms with Gasteiger partial charge < -0.3 is 34.4 Å². The molecule has 2 aliphatic rings. The van der Waals surface area contributed by atoms with E-state index in [0.29, 0.717) is 45.0 Å². The molecule has 2 fully saturated rings. The second kappa shape index (κ2) is 21.4. The number of ether oxygens (including phenoxy) is 3. The first-order valence-corrected chi connectivity index (χ1v) is 23.6. The molecule has 394 valence electrons. The highest BCUT2D eigenvalue weighted by Crippen LogP contribution is 2.33. The molecule has 2 atom stereocenters. The van der Waals surface area contributed by atoms with Gasteiger partial charge in [-0.2, -0.15) is 35.0 Å². The van der Waals surface area contributed by atoms with Crippen LogP contribution in [0, 0.1) is 5.82 Å². The maximum Gasteiger partial charge on any atom is 0.573 e. The van der Waals surface area contributed by atoms with Gasteiger partial charge in [0, 0.05) is 39.3 Å². The molecule has 2 saturated heterocycles. The predicted molar refractivity (Wildman–Crippen MR) is 226 cm³/mol. The highest BCUT2D eigenvalue weighted by Gasteiger charge is 2.45. The third-order valence-corrected chi connectivity index (χ3v) is 13.7. The van der Waals surface area contributed by atoms with Crippen molar-refractivity contribution in [2.75, 3.05) is 39.3 Å². The van der Waals surface area contributed by atoms with Gasteiger partial charge in [0.1, 0.15) is 23.3 Å². The Morgan fingerprint density at radius 3 is 1.37 bits per heavy atom. The summed E-state index contributed by atoms with van der Waals surface area (Å²) in [5.74, 6) is -4.95. The van der Waals surface area contributed by atoms with E-state index >= 15 is 0 Å². The van der Waals surface area contributed by atoms with Crippen molar-refractivity contribution in [3.8, 4) is 5.75 Å². The van der Waals surface area contributed by atoms with Gasteiger partial charge in [0.15, 0.2) is 11.6 Å². The number of alkyl halides is 9. The van der Waals surface area contributed by atoms with E-state index in [1.807, 2.05) is 0 Å². The van der Waals surface area contributed by atoms with Crippen LogP contribution in [0.25, 0.3) is 0 Å². The summed E-state index contributed by atoms with van der Waals surface area (Å²) in [5, 5.41) is 11.8. The van der Waals surface area contributed by atoms with Gasteiger partial charge in [0.25, 0.3) is 0 Å². The number of hydrogen-bond acceptors (Lipinski definition) is 11. The first-order chi connectivity index (χ1) is 32.3. The molecule has 0 bridgehead atoms. The second-order valence-electron chi connectivity index (χ2n) is 17.5. The zero-order valence-corrected chi connectivity index (χ0v) is 39.9. The molecule has 29 heteroatoms. The molecule has 0 aromatic heterocycles. The molecule has 0 aliphatic carbocycles. The van der Waals surface area contributed by atoms with Gasteiger partial charge in [-0.3, -0.25) is 9.59 Å². The van der Waals surface area contributed by atoms with Gasteiger partial charge in [0.2, 0.25) is 26.0 Å². The second-order valence-corrected chi connectivity index (χ2v) is 21.3. The molecule has 0 spiro atoms. The maximum absolute atomic E-state index is 14.1. The van der Waals surface area contributed by atoms with Gasteiger partial charge in [-0.15, -0.1) is 13.2 Å². The predicted octanol–water partition coefficient (Wildman–Crippen LogP) is 7.07. The SMILES string of the molecule is CC(C)(C)OC(=O)N1CCN(S(=O)(=O)c2ccc(C(F)(F)F)cc2)[C@@H](C(=O)NCc2ccc(OC(F)(F)F)c(F)c2)C1.CC(C)(C)OC(=O)N1CCN(S(=O)(=O)c2ccc(C(F)(F)F)cc2)[C@@H](C(=O)O)C1. The molecule has 0 unspecified atom stereocenters. The molecule has 2 N–H and O–H groups in total. The van der Waals surface area contributed by atoms with E-state index in [1.54, 1.807) is 41.5 Å². The summed E-state index contributed by atoms with van der Waals surface area (Å²) in [6.07, 6.45) is -16.1. The summed E-state index contributed by atoms with van der Waals surface area (Å²) in [6.45, 7) is 7.11. The number of piperazine rings is 2. The standard InChI is InChI=1S/C25H26F7N3O6S.C17H21F3N2O6S/c1-23(2,3)41-22(37)34-10-11-35(42(38,39)17-7-5-16(6-8-17)24(27,28)29)19(14-34)21(36)33-13-15-4-9-20(18(26)12-15)40-25(30,31)32;1-16(2,3)28-15(25)21-8-9-22(13(10-21)14(23)24)29(26,27)12-6-4-11(5-7-12)17(18,19)20/h4-9,12,19H,10-11,13-14H2,1-3H3,(H,33,36);4-7,13H,8-10H2,1-3H3,(H,23,24)/t19-;13-/m11/s1. The summed E-state index contributed by atoms with van der Waals surface area (Å²) in [5.41, 5.74) is -3.87. The van der Waals surface area contributed by atoms with E-state index in [9.17, 15) is 85.0 Å². The molecular formula is C42H47F10N5O12S2. The number of carboxylic acids is 1. The Balaban J connectivity index is 0.000000330. The van der Waals surface area contributed by atoms with Gasteiger partial charge in [0.05, 0.1) is 27.5 Å². The van der Waals surface area contributed by atoms with Crippen LogP contribution in [0.3, 0.4) is 0 Å². The highest BCUT2D eigenvalue weighted by atomic mass is 32.2. The topological polar surface area (TPSA) is 209 Å². The lowest BCUT2D eigenvalue weighted by atomic mass is 10.1. The Morgan fingerprint density at radius 2 is 1.01 bits per heavy atom. The van der Waals surface area contributed by atoms with Crippen molar-refractivity contribution in [1.29, 1.82) is 0 Å². The number of sulfonamides is 2. The number of halogens is 10. The fourth-order valence-corrected chi connectivity index (χ4v) is 9.71. The Morgan fingerprint density at radius 1 is 0.620 bits per heavy atom. The van der Waals surface area contributed by atoms with Crippen LogP contribution in [-0.4, -0.2) is 133 Å². The molecule has 2 heterocycles. The van der Waals surface area contributed by atoms with E-state index in [1.165, 1.54) is 0 Å². The Bertz CT molecular complexity index is 2640. The zero-order chi connectivity index (χ0) is 53.9. The number of carbonyl (C=O) groups is 4. The van der Waals surface area contributed by atoms with Crippen LogP contribution in [0.5, 0.6) is 5.75 Å². The van der Waals surface area contributed by atoms with Crippen LogP contribution in [-0.2, 0) is 58.0 Å². The van der Waals surface area contributed by atoms with E-state index in [-0.39, 0.29) is 25.2 Å². The van der Waals surface area contributed by atoms with E-state index in [4.69, 9.17) is 9.47 Å². The Kier molecular flexibility index (Phi) is 17.4. The number of carboxylic acid groups (broad SMARTS) is 1. The van der Waals surface area contributed by atoms with Gasteiger partial charge >= 0.3 is 36.9 Å². The lowest BCUT2D eigenvalue weighted by Crippen LogP contribution is -2.61. The molecule has 3 aromatic carbocycles. The van der Waals surface area contributed by atoms with Crippen LogP contribution in [0.4, 0.5) is 53.5 Å². The van der Waals surface area contributed by atoms with Crippen LogP contribution in [0.1, 0.15) is 58.2 Å². The molecule has 3 aromatic rings. The normalized spacial score (nSPS) is 17.9. The van der Waals surface area contributed by atoms with Crippen molar-refractivity contribution >= 4 is 44.1 Å². The molecule has 3 amide bonds. The first kappa shape index (κ1) is 57.6. The van der Waals surface area contributed by atoms with Crippen LogP contribution >= 0.6 is 0 Å². The van der Waals surface area contributed by atoms with Crippen LogP contribution in [0.15, 0.2) is 76.5 Å². The average molecular weight is 1070 g/mol. The fourth-order valence-electron chi connectivity index (χ4n) is 6.58. The lowest BCUT2D eigenvalue weighted by Gasteiger charge is -2.39. The summed E-state index contributed by atoms with van der Waals surface area (Å²) < 4.78 is 196. The lowest BCUT2D eigenvalue weighted by molar-refractivity contribution is -0.275. The number of aliphatic carboxylic acids is 1. The quantitative estimate of drug-likeness (QED) is 0.206. The van der Waals surface area contributed by atoms with Crippen molar-refractivity contribution in [3.05, 3.63) is 89.2 Å². The molecular weight excluding hydrogens is 1020 g/mol. The first-order valence-electron chi connectivity index (χ1n) is 20.7. The van der Waals surface area contributed by atoms with E-state index in [2.05, 4.69) is 10.1 Å². The van der Waals surface area contributed by atoms with Crippen LogP contribution in [0.2, 0.25) is 0 Å². The zero-order valence-electron chi connectivity index (χ0n) is 38.3. The van der Waals surface area contributed by atoms with E-state index in [0.717, 1.165) is 40.1 Å². The highest BCUT2D eigenvalue weighted by molar-refractivity contribution is 7.89. The molecule has 17 nitrogen and oxygen atoms in total. The van der Waals surface area contributed by atoms with Crippen molar-refractivity contribution in [2.45, 2.75) is 99.9 Å². The Hall–Kier alpha value is -5.94. The minimum absolute atomic E-state index is 0.00710. The number of nitrogens with zero attached hydrogens (tertiary/aromatic N) is 4. The van der Waals surface area contributed by atoms with Crippen molar-refractivity contribution in [3.63, 3.8) is 0 Å². The number of hydrogen-bond donors (Lipinski definition) is 2. The minimum atomic E-state index is -5.14. The number of benzene rings is 3. The molecule has 2 aliphatic heterocycles. The number of amides is 3. The molecule has 0 radical (unpaired) electrons. The fraction of sp³-hybridized carbons (Fsp3) is 0.476. The van der Waals surface area contributed by atoms with Gasteiger partial charge in [-0.1, -0.05) is 6.07 Å². The maximum atomic E-state index is 14.1. The summed E-state index contributed by atoms with van der Waals surface area (Å²) >= 11 is 0. The summed E-state index contributed by atoms with van der Waals surface area (Å²) in [7, 11) is -8.97. The number of rotatable bonds is 9. The minimum Gasteiger partial charge on any atom is -0.480 e. The average Bonchev–Trinajstić information content (AvgIpc) is 3.24. The Labute approximate surface area is 400 Å². The van der Waals surface area contributed by atoms with Gasteiger partial charge in [-0.25, -0.2) is 30.8 Å². The van der Waals surface area contributed by atoms with Crippen molar-refractivity contribution in [1.82, 2.24) is 23.7 Å². The molecule has 71 heavy (non-hydrogen) atoms.